The first-order valence-electron chi connectivity index (χ1n) is 4.89. The van der Waals surface area contributed by atoms with Crippen molar-refractivity contribution in [1.82, 2.24) is 0 Å². The molecule has 0 atom stereocenters. The van der Waals surface area contributed by atoms with Crippen molar-refractivity contribution in [3.63, 3.8) is 0 Å². The Hall–Kier alpha value is -1.05. The van der Waals surface area contributed by atoms with Crippen LogP contribution in [0.2, 0.25) is 5.02 Å². The molecule has 0 aromatic heterocycles. The van der Waals surface area contributed by atoms with Crippen LogP contribution in [0.3, 0.4) is 0 Å². The van der Waals surface area contributed by atoms with Crippen LogP contribution in [0.25, 0.3) is 10.8 Å². The van der Waals surface area contributed by atoms with Gasteiger partial charge in [-0.3, -0.25) is 0 Å². The van der Waals surface area contributed by atoms with Crippen LogP contribution in [-0.2, 0) is 11.3 Å². The second-order valence-corrected chi connectivity index (χ2v) is 4.08. The van der Waals surface area contributed by atoms with Crippen molar-refractivity contribution in [2.24, 2.45) is 0 Å². The molecule has 1 nitrogen and oxygen atoms in total. The zero-order valence-corrected chi connectivity index (χ0v) is 9.64. The van der Waals surface area contributed by atoms with E-state index in [0.717, 1.165) is 10.4 Å². The van der Waals surface area contributed by atoms with Crippen molar-refractivity contribution in [3.8, 4) is 0 Å². The van der Waals surface area contributed by atoms with Gasteiger partial charge in [-0.05, 0) is 35.6 Å². The summed E-state index contributed by atoms with van der Waals surface area (Å²) in [5.41, 5.74) is 2.42. The van der Waals surface area contributed by atoms with E-state index in [1.807, 2.05) is 12.1 Å². The van der Waals surface area contributed by atoms with Crippen molar-refractivity contribution >= 4 is 22.4 Å². The summed E-state index contributed by atoms with van der Waals surface area (Å²) in [6.07, 6.45) is 0. The van der Waals surface area contributed by atoms with Gasteiger partial charge in [-0.2, -0.15) is 0 Å². The highest BCUT2D eigenvalue weighted by atomic mass is 35.5. The first-order chi connectivity index (χ1) is 7.22. The topological polar surface area (TPSA) is 9.23 Å². The molecule has 0 bridgehead atoms. The number of fused-ring (bicyclic) bond motifs is 1. The molecule has 0 amide bonds. The first-order valence-corrected chi connectivity index (χ1v) is 5.27. The van der Waals surface area contributed by atoms with Gasteiger partial charge >= 0.3 is 0 Å². The van der Waals surface area contributed by atoms with Crippen LogP contribution < -0.4 is 0 Å². The number of halogens is 1. The van der Waals surface area contributed by atoms with Gasteiger partial charge in [0.2, 0.25) is 0 Å². The van der Waals surface area contributed by atoms with Gasteiger partial charge in [0.25, 0.3) is 0 Å². The number of benzene rings is 2. The standard InChI is InChI=1S/C13H13ClO/c1-9-3-6-13(14)11-5-4-10(8-15-2)7-12(9)11/h3-7H,8H2,1-2H3. The summed E-state index contributed by atoms with van der Waals surface area (Å²) >= 11 is 6.13. The molecule has 2 aromatic rings. The number of hydrogen-bond acceptors (Lipinski definition) is 1. The Bertz CT molecular complexity index is 491. The fraction of sp³-hybridized carbons (Fsp3) is 0.231. The fourth-order valence-electron chi connectivity index (χ4n) is 1.76. The van der Waals surface area contributed by atoms with E-state index in [1.54, 1.807) is 7.11 Å². The minimum Gasteiger partial charge on any atom is -0.380 e. The third-order valence-electron chi connectivity index (χ3n) is 2.56. The second-order valence-electron chi connectivity index (χ2n) is 3.68. The summed E-state index contributed by atoms with van der Waals surface area (Å²) < 4.78 is 5.11. The quantitative estimate of drug-likeness (QED) is 0.745. The molecule has 0 aliphatic rings. The molecular weight excluding hydrogens is 208 g/mol. The van der Waals surface area contributed by atoms with Crippen molar-refractivity contribution in [2.75, 3.05) is 7.11 Å². The number of methoxy groups -OCH3 is 1. The number of ether oxygens (including phenoxy) is 1. The SMILES string of the molecule is COCc1ccc2c(Cl)ccc(C)c2c1. The molecule has 0 N–H and O–H groups in total. The molecule has 2 rings (SSSR count). The first kappa shape index (κ1) is 10.5. The van der Waals surface area contributed by atoms with E-state index < -0.39 is 0 Å². The molecule has 2 heteroatoms. The molecule has 15 heavy (non-hydrogen) atoms. The maximum atomic E-state index is 6.13. The van der Waals surface area contributed by atoms with Crippen LogP contribution in [0.4, 0.5) is 0 Å². The molecule has 0 aliphatic heterocycles. The van der Waals surface area contributed by atoms with Crippen molar-refractivity contribution in [2.45, 2.75) is 13.5 Å². The molecule has 0 unspecified atom stereocenters. The Morgan fingerprint density at radius 3 is 2.67 bits per heavy atom. The Labute approximate surface area is 94.6 Å². The van der Waals surface area contributed by atoms with E-state index in [1.165, 1.54) is 16.5 Å². The Kier molecular flexibility index (Phi) is 2.94. The number of hydrogen-bond donors (Lipinski definition) is 0. The largest absolute Gasteiger partial charge is 0.380 e. The second kappa shape index (κ2) is 4.21. The highest BCUT2D eigenvalue weighted by Gasteiger charge is 2.02. The summed E-state index contributed by atoms with van der Waals surface area (Å²) in [6.45, 7) is 2.73. The molecule has 0 saturated carbocycles. The molecule has 0 saturated heterocycles. The van der Waals surface area contributed by atoms with E-state index in [4.69, 9.17) is 16.3 Å². The summed E-state index contributed by atoms with van der Waals surface area (Å²) in [6, 6.07) is 10.2. The van der Waals surface area contributed by atoms with Gasteiger partial charge in [-0.25, -0.2) is 0 Å². The third-order valence-corrected chi connectivity index (χ3v) is 2.89. The van der Waals surface area contributed by atoms with Gasteiger partial charge in [0.1, 0.15) is 0 Å². The lowest BCUT2D eigenvalue weighted by molar-refractivity contribution is 0.185. The van der Waals surface area contributed by atoms with E-state index in [-0.39, 0.29) is 0 Å². The summed E-state index contributed by atoms with van der Waals surface area (Å²) in [4.78, 5) is 0. The highest BCUT2D eigenvalue weighted by molar-refractivity contribution is 6.35. The maximum Gasteiger partial charge on any atom is 0.0713 e. The smallest absolute Gasteiger partial charge is 0.0713 e. The lowest BCUT2D eigenvalue weighted by Gasteiger charge is -2.06. The molecule has 0 fully saturated rings. The average Bonchev–Trinajstić information content (AvgIpc) is 2.24. The van der Waals surface area contributed by atoms with Gasteiger partial charge < -0.3 is 4.74 Å². The average molecular weight is 221 g/mol. The highest BCUT2D eigenvalue weighted by Crippen LogP contribution is 2.27. The van der Waals surface area contributed by atoms with E-state index in [0.29, 0.717) is 6.61 Å². The van der Waals surface area contributed by atoms with E-state index in [9.17, 15) is 0 Å². The fourth-order valence-corrected chi connectivity index (χ4v) is 1.99. The van der Waals surface area contributed by atoms with Gasteiger partial charge in [0, 0.05) is 17.5 Å². The predicted octanol–water partition coefficient (Wildman–Crippen LogP) is 3.95. The zero-order chi connectivity index (χ0) is 10.8. The molecule has 0 aliphatic carbocycles. The molecular formula is C13H13ClO. The zero-order valence-electron chi connectivity index (χ0n) is 8.88. The van der Waals surface area contributed by atoms with Crippen molar-refractivity contribution in [1.29, 1.82) is 0 Å². The minimum atomic E-state index is 0.641. The normalized spacial score (nSPS) is 10.9. The Morgan fingerprint density at radius 1 is 1.13 bits per heavy atom. The number of rotatable bonds is 2. The van der Waals surface area contributed by atoms with Crippen molar-refractivity contribution < 1.29 is 4.74 Å². The monoisotopic (exact) mass is 220 g/mol. The van der Waals surface area contributed by atoms with E-state index >= 15 is 0 Å². The third kappa shape index (κ3) is 1.99. The van der Waals surface area contributed by atoms with Crippen LogP contribution in [-0.4, -0.2) is 7.11 Å². The maximum absolute atomic E-state index is 6.13. The van der Waals surface area contributed by atoms with Crippen LogP contribution in [0.5, 0.6) is 0 Å². The van der Waals surface area contributed by atoms with E-state index in [2.05, 4.69) is 25.1 Å². The Morgan fingerprint density at radius 2 is 1.93 bits per heavy atom. The molecule has 78 valence electrons. The minimum absolute atomic E-state index is 0.641. The van der Waals surface area contributed by atoms with Gasteiger partial charge in [-0.15, -0.1) is 0 Å². The van der Waals surface area contributed by atoms with Crippen LogP contribution in [0.1, 0.15) is 11.1 Å². The summed E-state index contributed by atoms with van der Waals surface area (Å²) in [5.74, 6) is 0. The molecule has 0 spiro atoms. The van der Waals surface area contributed by atoms with Crippen LogP contribution >= 0.6 is 11.6 Å². The Balaban J connectivity index is 2.65. The lowest BCUT2D eigenvalue weighted by atomic mass is 10.0. The lowest BCUT2D eigenvalue weighted by Crippen LogP contribution is -1.88. The van der Waals surface area contributed by atoms with Gasteiger partial charge in [-0.1, -0.05) is 29.8 Å². The summed E-state index contributed by atoms with van der Waals surface area (Å²) in [5, 5.41) is 3.12. The van der Waals surface area contributed by atoms with Gasteiger partial charge in [0.05, 0.1) is 6.61 Å². The van der Waals surface area contributed by atoms with Crippen LogP contribution in [0, 0.1) is 6.92 Å². The van der Waals surface area contributed by atoms with Crippen LogP contribution in [0.15, 0.2) is 30.3 Å². The van der Waals surface area contributed by atoms with Gasteiger partial charge in [0.15, 0.2) is 0 Å². The predicted molar refractivity (Wildman–Crippen MR) is 64.4 cm³/mol. The summed E-state index contributed by atoms with van der Waals surface area (Å²) in [7, 11) is 1.70. The van der Waals surface area contributed by atoms with Crippen molar-refractivity contribution in [3.05, 3.63) is 46.5 Å². The molecule has 2 aromatic carbocycles. The molecule has 0 heterocycles. The molecule has 0 radical (unpaired) electrons. The number of aryl methyl sites for hydroxylation is 1.